The predicted molar refractivity (Wildman–Crippen MR) is 79.9 cm³/mol. The molecule has 0 aliphatic rings. The van der Waals surface area contributed by atoms with Crippen molar-refractivity contribution in [2.75, 3.05) is 7.11 Å². The average molecular weight is 284 g/mol. The van der Waals surface area contributed by atoms with Crippen LogP contribution in [0.25, 0.3) is 6.08 Å². The molecule has 0 aliphatic heterocycles. The van der Waals surface area contributed by atoms with Crippen LogP contribution in [-0.2, 0) is 16.1 Å². The molecular formula is C17H16O4. The molecule has 0 saturated carbocycles. The lowest BCUT2D eigenvalue weighted by Gasteiger charge is -2.04. The number of methoxy groups -OCH3 is 1. The molecule has 2 rings (SSSR count). The zero-order valence-corrected chi connectivity index (χ0v) is 11.7. The third kappa shape index (κ3) is 4.47. The van der Waals surface area contributed by atoms with Gasteiger partial charge in [0.1, 0.15) is 11.5 Å². The van der Waals surface area contributed by atoms with Crippen LogP contribution in [0.1, 0.15) is 11.1 Å². The summed E-state index contributed by atoms with van der Waals surface area (Å²) >= 11 is 0. The Bertz CT molecular complexity index is 632. The minimum Gasteiger partial charge on any atom is -0.507 e. The third-order valence-corrected chi connectivity index (χ3v) is 2.76. The van der Waals surface area contributed by atoms with Gasteiger partial charge in [-0.05, 0) is 35.9 Å². The Balaban J connectivity index is 2.06. The van der Waals surface area contributed by atoms with E-state index in [2.05, 4.69) is 0 Å². The summed E-state index contributed by atoms with van der Waals surface area (Å²) in [4.78, 5) is 11.7. The lowest BCUT2D eigenvalue weighted by molar-refractivity contribution is -0.128. The van der Waals surface area contributed by atoms with Crippen LogP contribution < -0.4 is 4.74 Å². The summed E-state index contributed by atoms with van der Waals surface area (Å²) in [6, 6.07) is 13.9. The van der Waals surface area contributed by atoms with Crippen LogP contribution in [0.3, 0.4) is 0 Å². The van der Waals surface area contributed by atoms with Crippen LogP contribution in [0, 0.1) is 0 Å². The molecule has 2 aromatic carbocycles. The topological polar surface area (TPSA) is 55.8 Å². The van der Waals surface area contributed by atoms with E-state index in [1.54, 1.807) is 49.6 Å². The maximum Gasteiger partial charge on any atom is 0.336 e. The van der Waals surface area contributed by atoms with E-state index >= 15 is 0 Å². The Morgan fingerprint density at radius 2 is 1.95 bits per heavy atom. The highest BCUT2D eigenvalue weighted by Crippen LogP contribution is 2.20. The van der Waals surface area contributed by atoms with E-state index in [0.29, 0.717) is 17.9 Å². The first-order valence-corrected chi connectivity index (χ1v) is 6.45. The molecule has 108 valence electrons. The maximum atomic E-state index is 11.7. The molecule has 2 aromatic rings. The second-order valence-electron chi connectivity index (χ2n) is 4.39. The maximum absolute atomic E-state index is 11.7. The molecule has 0 aliphatic carbocycles. The van der Waals surface area contributed by atoms with Gasteiger partial charge in [-0.2, -0.15) is 0 Å². The highest BCUT2D eigenvalue weighted by molar-refractivity contribution is 5.89. The lowest BCUT2D eigenvalue weighted by Crippen LogP contribution is -2.03. The molecule has 4 nitrogen and oxygen atoms in total. The monoisotopic (exact) mass is 284 g/mol. The number of benzene rings is 2. The van der Waals surface area contributed by atoms with E-state index in [-0.39, 0.29) is 5.75 Å². The van der Waals surface area contributed by atoms with Gasteiger partial charge in [0, 0.05) is 18.7 Å². The van der Waals surface area contributed by atoms with Crippen molar-refractivity contribution in [1.29, 1.82) is 0 Å². The zero-order chi connectivity index (χ0) is 15.1. The van der Waals surface area contributed by atoms with Gasteiger partial charge in [-0.1, -0.05) is 24.3 Å². The molecule has 0 aromatic heterocycles. The van der Waals surface area contributed by atoms with Crippen molar-refractivity contribution in [2.45, 2.75) is 6.61 Å². The quantitative estimate of drug-likeness (QED) is 0.520. The smallest absolute Gasteiger partial charge is 0.336 e. The second-order valence-corrected chi connectivity index (χ2v) is 4.39. The van der Waals surface area contributed by atoms with Crippen molar-refractivity contribution in [3.63, 3.8) is 0 Å². The van der Waals surface area contributed by atoms with Gasteiger partial charge < -0.3 is 14.6 Å². The molecule has 21 heavy (non-hydrogen) atoms. The average Bonchev–Trinajstić information content (AvgIpc) is 2.49. The third-order valence-electron chi connectivity index (χ3n) is 2.76. The SMILES string of the molecule is COCc1ccc(O)c(/C=C/C(=O)Oc2ccccc2)c1. The van der Waals surface area contributed by atoms with Gasteiger partial charge in [-0.25, -0.2) is 4.79 Å². The van der Waals surface area contributed by atoms with Crippen molar-refractivity contribution < 1.29 is 19.4 Å². The highest BCUT2D eigenvalue weighted by Gasteiger charge is 2.03. The molecule has 0 heterocycles. The lowest BCUT2D eigenvalue weighted by atomic mass is 10.1. The van der Waals surface area contributed by atoms with Gasteiger partial charge in [0.25, 0.3) is 0 Å². The van der Waals surface area contributed by atoms with Crippen molar-refractivity contribution in [2.24, 2.45) is 0 Å². The van der Waals surface area contributed by atoms with Crippen LogP contribution in [0.4, 0.5) is 0 Å². The van der Waals surface area contributed by atoms with Gasteiger partial charge in [0.2, 0.25) is 0 Å². The molecule has 0 radical (unpaired) electrons. The Hall–Kier alpha value is -2.59. The summed E-state index contributed by atoms with van der Waals surface area (Å²) in [6.45, 7) is 0.440. The summed E-state index contributed by atoms with van der Waals surface area (Å²) in [5.41, 5.74) is 1.45. The first kappa shape index (κ1) is 14.8. The number of ether oxygens (including phenoxy) is 2. The number of phenolic OH excluding ortho intramolecular Hbond substituents is 1. The normalized spacial score (nSPS) is 10.7. The molecule has 0 bridgehead atoms. The van der Waals surface area contributed by atoms with Gasteiger partial charge in [0.15, 0.2) is 0 Å². The largest absolute Gasteiger partial charge is 0.507 e. The molecule has 0 fully saturated rings. The van der Waals surface area contributed by atoms with E-state index < -0.39 is 5.97 Å². The minimum atomic E-state index is -0.502. The van der Waals surface area contributed by atoms with E-state index in [1.807, 2.05) is 6.07 Å². The molecule has 0 amide bonds. The van der Waals surface area contributed by atoms with Gasteiger partial charge in [-0.3, -0.25) is 0 Å². The summed E-state index contributed by atoms with van der Waals surface area (Å²) in [5, 5.41) is 9.76. The van der Waals surface area contributed by atoms with E-state index in [9.17, 15) is 9.90 Å². The van der Waals surface area contributed by atoms with Crippen LogP contribution in [0.15, 0.2) is 54.6 Å². The Labute approximate surface area is 123 Å². The Kier molecular flexibility index (Phi) is 5.12. The zero-order valence-electron chi connectivity index (χ0n) is 11.7. The fourth-order valence-electron chi connectivity index (χ4n) is 1.79. The standard InChI is InChI=1S/C17H16O4/c1-20-12-13-7-9-16(18)14(11-13)8-10-17(19)21-15-5-3-2-4-6-15/h2-11,18H,12H2,1H3/b10-8+. The van der Waals surface area contributed by atoms with Crippen LogP contribution >= 0.6 is 0 Å². The summed E-state index contributed by atoms with van der Waals surface area (Å²) in [6.07, 6.45) is 2.79. The number of carbonyl (C=O) groups excluding carboxylic acids is 1. The number of aromatic hydroxyl groups is 1. The van der Waals surface area contributed by atoms with Gasteiger partial charge in [-0.15, -0.1) is 0 Å². The number of carbonyl (C=O) groups is 1. The molecule has 0 unspecified atom stereocenters. The van der Waals surface area contributed by atoms with Crippen molar-refractivity contribution >= 4 is 12.0 Å². The summed E-state index contributed by atoms with van der Waals surface area (Å²) in [5.74, 6) is 0.0702. The van der Waals surface area contributed by atoms with E-state index in [0.717, 1.165) is 5.56 Å². The number of hydrogen-bond acceptors (Lipinski definition) is 4. The van der Waals surface area contributed by atoms with Crippen LogP contribution in [0.2, 0.25) is 0 Å². The van der Waals surface area contributed by atoms with Gasteiger partial charge >= 0.3 is 5.97 Å². The minimum absolute atomic E-state index is 0.0959. The second kappa shape index (κ2) is 7.26. The number of rotatable bonds is 5. The molecular weight excluding hydrogens is 268 g/mol. The molecule has 0 spiro atoms. The van der Waals surface area contributed by atoms with Crippen LogP contribution in [0.5, 0.6) is 11.5 Å². The van der Waals surface area contributed by atoms with Crippen molar-refractivity contribution in [3.05, 3.63) is 65.7 Å². The fourth-order valence-corrected chi connectivity index (χ4v) is 1.79. The van der Waals surface area contributed by atoms with Crippen molar-refractivity contribution in [3.8, 4) is 11.5 Å². The molecule has 0 atom stereocenters. The first-order chi connectivity index (χ1) is 10.2. The molecule has 0 saturated heterocycles. The van der Waals surface area contributed by atoms with E-state index in [4.69, 9.17) is 9.47 Å². The predicted octanol–water partition coefficient (Wildman–Crippen LogP) is 3.16. The van der Waals surface area contributed by atoms with Gasteiger partial charge in [0.05, 0.1) is 6.61 Å². The molecule has 4 heteroatoms. The van der Waals surface area contributed by atoms with E-state index in [1.165, 1.54) is 12.2 Å². The fraction of sp³-hybridized carbons (Fsp3) is 0.118. The summed E-state index contributed by atoms with van der Waals surface area (Å²) < 4.78 is 10.2. The number of para-hydroxylation sites is 1. The number of esters is 1. The molecule has 1 N–H and O–H groups in total. The highest BCUT2D eigenvalue weighted by atomic mass is 16.5. The van der Waals surface area contributed by atoms with Crippen LogP contribution in [-0.4, -0.2) is 18.2 Å². The number of phenols is 1. The Morgan fingerprint density at radius 1 is 1.19 bits per heavy atom. The Morgan fingerprint density at radius 3 is 2.67 bits per heavy atom. The number of hydrogen-bond donors (Lipinski definition) is 1. The van der Waals surface area contributed by atoms with Crippen molar-refractivity contribution in [1.82, 2.24) is 0 Å². The summed E-state index contributed by atoms with van der Waals surface area (Å²) in [7, 11) is 1.60. The first-order valence-electron chi connectivity index (χ1n) is 6.45.